The van der Waals surface area contributed by atoms with Gasteiger partial charge in [0.15, 0.2) is 0 Å². The molecular weight excluding hydrogens is 148 g/mol. The zero-order valence-corrected chi connectivity index (χ0v) is 7.73. The molecule has 0 aromatic carbocycles. The van der Waals surface area contributed by atoms with E-state index in [0.29, 0.717) is 0 Å². The van der Waals surface area contributed by atoms with Gasteiger partial charge in [-0.05, 0) is 6.42 Å². The second-order valence-electron chi connectivity index (χ2n) is 1.89. The number of rotatable bonds is 5. The van der Waals surface area contributed by atoms with Crippen molar-refractivity contribution < 1.29 is 0 Å². The third-order valence-electron chi connectivity index (χ3n) is 0.993. The normalized spacial score (nSPS) is 13.1. The lowest BCUT2D eigenvalue weighted by molar-refractivity contribution is 0.912. The van der Waals surface area contributed by atoms with Crippen LogP contribution in [-0.2, 0) is 0 Å². The van der Waals surface area contributed by atoms with Gasteiger partial charge in [0.05, 0.1) is 0 Å². The molecule has 0 aliphatic heterocycles. The minimum Gasteiger partial charge on any atom is -0.102 e. The molecular formula is C7H14S2. The largest absolute Gasteiger partial charge is 0.102 e. The van der Waals surface area contributed by atoms with Gasteiger partial charge in [-0.3, -0.25) is 0 Å². The molecule has 0 bridgehead atoms. The first-order chi connectivity index (χ1) is 4.31. The second kappa shape index (κ2) is 6.56. The first-order valence-corrected chi connectivity index (χ1v) is 5.58. The molecule has 0 aliphatic rings. The van der Waals surface area contributed by atoms with Crippen LogP contribution in [0.3, 0.4) is 0 Å². The molecule has 1 unspecified atom stereocenters. The summed E-state index contributed by atoms with van der Waals surface area (Å²) < 4.78 is 0. The predicted octanol–water partition coefficient (Wildman–Crippen LogP) is 3.35. The molecule has 1 atom stereocenters. The molecule has 54 valence electrons. The van der Waals surface area contributed by atoms with Crippen LogP contribution in [0, 0.1) is 0 Å². The molecule has 0 saturated heterocycles. The van der Waals surface area contributed by atoms with Crippen molar-refractivity contribution in [2.24, 2.45) is 0 Å². The maximum atomic E-state index is 3.65. The van der Waals surface area contributed by atoms with Gasteiger partial charge < -0.3 is 0 Å². The summed E-state index contributed by atoms with van der Waals surface area (Å²) in [6.45, 7) is 8.11. The van der Waals surface area contributed by atoms with Crippen molar-refractivity contribution in [3.05, 3.63) is 12.7 Å². The SMILES string of the molecule is C=CCSSC(C)CC. The average molecular weight is 162 g/mol. The first kappa shape index (κ1) is 9.44. The maximum Gasteiger partial charge on any atom is 0.0215 e. The molecule has 0 aromatic heterocycles. The van der Waals surface area contributed by atoms with E-state index < -0.39 is 0 Å². The highest BCUT2D eigenvalue weighted by Gasteiger charge is 1.96. The molecule has 0 heterocycles. The maximum absolute atomic E-state index is 3.65. The summed E-state index contributed by atoms with van der Waals surface area (Å²) in [6, 6.07) is 0. The van der Waals surface area contributed by atoms with E-state index in [-0.39, 0.29) is 0 Å². The van der Waals surface area contributed by atoms with E-state index in [0.717, 1.165) is 11.0 Å². The Balaban J connectivity index is 2.96. The van der Waals surface area contributed by atoms with Crippen LogP contribution < -0.4 is 0 Å². The Labute approximate surface area is 65.9 Å². The molecule has 0 aliphatic carbocycles. The molecule has 0 N–H and O–H groups in total. The smallest absolute Gasteiger partial charge is 0.0215 e. The summed E-state index contributed by atoms with van der Waals surface area (Å²) in [5.74, 6) is 1.06. The van der Waals surface area contributed by atoms with Crippen molar-refractivity contribution in [2.75, 3.05) is 5.75 Å². The van der Waals surface area contributed by atoms with Crippen LogP contribution in [0.15, 0.2) is 12.7 Å². The lowest BCUT2D eigenvalue weighted by Gasteiger charge is -2.03. The Morgan fingerprint density at radius 3 is 2.78 bits per heavy atom. The van der Waals surface area contributed by atoms with Gasteiger partial charge in [0.1, 0.15) is 0 Å². The van der Waals surface area contributed by atoms with Crippen LogP contribution in [0.25, 0.3) is 0 Å². The Hall–Kier alpha value is 0.440. The highest BCUT2D eigenvalue weighted by Crippen LogP contribution is 2.27. The lowest BCUT2D eigenvalue weighted by Crippen LogP contribution is -1.88. The van der Waals surface area contributed by atoms with E-state index in [9.17, 15) is 0 Å². The van der Waals surface area contributed by atoms with Crippen LogP contribution >= 0.6 is 21.6 Å². The zero-order valence-electron chi connectivity index (χ0n) is 6.09. The molecule has 0 radical (unpaired) electrons. The summed E-state index contributed by atoms with van der Waals surface area (Å²) in [5, 5.41) is 0.787. The summed E-state index contributed by atoms with van der Waals surface area (Å²) in [4.78, 5) is 0. The molecule has 0 rings (SSSR count). The van der Waals surface area contributed by atoms with Gasteiger partial charge >= 0.3 is 0 Å². The van der Waals surface area contributed by atoms with E-state index in [1.165, 1.54) is 6.42 Å². The molecule has 0 saturated carbocycles. The molecule has 0 fully saturated rings. The Kier molecular flexibility index (Phi) is 6.88. The third-order valence-corrected chi connectivity index (χ3v) is 3.96. The summed E-state index contributed by atoms with van der Waals surface area (Å²) >= 11 is 0. The van der Waals surface area contributed by atoms with Gasteiger partial charge in [-0.2, -0.15) is 0 Å². The molecule has 0 nitrogen and oxygen atoms in total. The Bertz CT molecular complexity index is 71.3. The fraction of sp³-hybridized carbons (Fsp3) is 0.714. The van der Waals surface area contributed by atoms with Gasteiger partial charge in [0.25, 0.3) is 0 Å². The monoisotopic (exact) mass is 162 g/mol. The van der Waals surface area contributed by atoms with E-state index in [4.69, 9.17) is 0 Å². The van der Waals surface area contributed by atoms with Crippen molar-refractivity contribution in [3.63, 3.8) is 0 Å². The minimum absolute atomic E-state index is 0.787. The van der Waals surface area contributed by atoms with Crippen LogP contribution in [0.2, 0.25) is 0 Å². The summed E-state index contributed by atoms with van der Waals surface area (Å²) in [5.41, 5.74) is 0. The van der Waals surface area contributed by atoms with Crippen LogP contribution in [0.4, 0.5) is 0 Å². The number of hydrogen-bond acceptors (Lipinski definition) is 2. The fourth-order valence-electron chi connectivity index (χ4n) is 0.272. The summed E-state index contributed by atoms with van der Waals surface area (Å²) in [7, 11) is 3.83. The van der Waals surface area contributed by atoms with Crippen LogP contribution in [0.5, 0.6) is 0 Å². The van der Waals surface area contributed by atoms with Gasteiger partial charge in [-0.15, -0.1) is 6.58 Å². The predicted molar refractivity (Wildman–Crippen MR) is 50.0 cm³/mol. The lowest BCUT2D eigenvalue weighted by atomic mass is 10.4. The van der Waals surface area contributed by atoms with Crippen molar-refractivity contribution in [2.45, 2.75) is 25.5 Å². The fourth-order valence-corrected chi connectivity index (χ4v) is 2.44. The van der Waals surface area contributed by atoms with Crippen molar-refractivity contribution >= 4 is 21.6 Å². The average Bonchev–Trinajstić information content (AvgIpc) is 1.89. The van der Waals surface area contributed by atoms with Gasteiger partial charge in [-0.1, -0.05) is 41.5 Å². The molecule has 0 aromatic rings. The van der Waals surface area contributed by atoms with E-state index >= 15 is 0 Å². The molecule has 9 heavy (non-hydrogen) atoms. The summed E-state index contributed by atoms with van der Waals surface area (Å²) in [6.07, 6.45) is 3.20. The van der Waals surface area contributed by atoms with Crippen LogP contribution in [-0.4, -0.2) is 11.0 Å². The molecule has 2 heteroatoms. The molecule has 0 spiro atoms. The van der Waals surface area contributed by atoms with Gasteiger partial charge in [0, 0.05) is 11.0 Å². The highest BCUT2D eigenvalue weighted by molar-refractivity contribution is 8.77. The van der Waals surface area contributed by atoms with Crippen LogP contribution in [0.1, 0.15) is 20.3 Å². The highest BCUT2D eigenvalue weighted by atomic mass is 33.1. The Morgan fingerprint density at radius 1 is 1.67 bits per heavy atom. The standard InChI is InChI=1S/C7H14S2/c1-4-6-8-9-7(3)5-2/h4,7H,1,5-6H2,2-3H3. The topological polar surface area (TPSA) is 0 Å². The van der Waals surface area contributed by atoms with Gasteiger partial charge in [-0.25, -0.2) is 0 Å². The van der Waals surface area contributed by atoms with E-state index in [1.807, 2.05) is 27.7 Å². The van der Waals surface area contributed by atoms with E-state index in [1.54, 1.807) is 0 Å². The first-order valence-electron chi connectivity index (χ1n) is 3.20. The Morgan fingerprint density at radius 2 is 2.33 bits per heavy atom. The third kappa shape index (κ3) is 6.32. The van der Waals surface area contributed by atoms with E-state index in [2.05, 4.69) is 20.4 Å². The molecule has 0 amide bonds. The zero-order chi connectivity index (χ0) is 7.11. The minimum atomic E-state index is 0.787. The quantitative estimate of drug-likeness (QED) is 0.345. The number of hydrogen-bond donors (Lipinski definition) is 0. The van der Waals surface area contributed by atoms with Crippen molar-refractivity contribution in [3.8, 4) is 0 Å². The van der Waals surface area contributed by atoms with Crippen molar-refractivity contribution in [1.29, 1.82) is 0 Å². The van der Waals surface area contributed by atoms with Gasteiger partial charge in [0.2, 0.25) is 0 Å². The van der Waals surface area contributed by atoms with Crippen molar-refractivity contribution in [1.82, 2.24) is 0 Å². The second-order valence-corrected chi connectivity index (χ2v) is 4.74.